The van der Waals surface area contributed by atoms with E-state index >= 15 is 0 Å². The molecule has 2 N–H and O–H groups in total. The minimum atomic E-state index is -0.685. The number of thiophene rings is 1. The van der Waals surface area contributed by atoms with Gasteiger partial charge in [0.25, 0.3) is 0 Å². The standard InChI is InChI=1S/C14H15F2N3S/c1-17-13-9(15)7-10(16)14(19-13)18-11-3-2-4-12-8(11)5-6-20-12/h5-7,11H,2-4H2,1H3,(H2,17,18,19). The van der Waals surface area contributed by atoms with E-state index in [1.165, 1.54) is 10.4 Å². The maximum absolute atomic E-state index is 13.8. The second-order valence-corrected chi connectivity index (χ2v) is 5.79. The van der Waals surface area contributed by atoms with Gasteiger partial charge in [0.1, 0.15) is 0 Å². The van der Waals surface area contributed by atoms with Crippen molar-refractivity contribution in [1.82, 2.24) is 4.98 Å². The second-order valence-electron chi connectivity index (χ2n) is 4.79. The highest BCUT2D eigenvalue weighted by Crippen LogP contribution is 2.35. The number of anilines is 2. The van der Waals surface area contributed by atoms with Crippen molar-refractivity contribution in [2.24, 2.45) is 0 Å². The van der Waals surface area contributed by atoms with Crippen molar-refractivity contribution < 1.29 is 8.78 Å². The molecule has 0 fully saturated rings. The summed E-state index contributed by atoms with van der Waals surface area (Å²) in [7, 11) is 1.56. The minimum absolute atomic E-state index is 0.0437. The van der Waals surface area contributed by atoms with E-state index in [0.717, 1.165) is 25.3 Å². The Kier molecular flexibility index (Phi) is 3.56. The molecule has 0 amide bonds. The Morgan fingerprint density at radius 1 is 1.30 bits per heavy atom. The van der Waals surface area contributed by atoms with Gasteiger partial charge in [0.15, 0.2) is 23.3 Å². The molecule has 1 unspecified atom stereocenters. The van der Waals surface area contributed by atoms with Gasteiger partial charge in [-0.05, 0) is 36.3 Å². The van der Waals surface area contributed by atoms with Gasteiger partial charge in [0, 0.05) is 18.0 Å². The van der Waals surface area contributed by atoms with Gasteiger partial charge < -0.3 is 10.6 Å². The molecule has 0 spiro atoms. The molecule has 106 valence electrons. The van der Waals surface area contributed by atoms with Crippen LogP contribution in [0.5, 0.6) is 0 Å². The van der Waals surface area contributed by atoms with Gasteiger partial charge in [-0.2, -0.15) is 0 Å². The molecule has 3 rings (SSSR count). The topological polar surface area (TPSA) is 37.0 Å². The van der Waals surface area contributed by atoms with Crippen LogP contribution >= 0.6 is 11.3 Å². The third kappa shape index (κ3) is 2.35. The molecule has 2 aromatic heterocycles. The van der Waals surface area contributed by atoms with E-state index in [1.54, 1.807) is 18.4 Å². The lowest BCUT2D eigenvalue weighted by molar-refractivity contribution is 0.566. The summed E-state index contributed by atoms with van der Waals surface area (Å²) >= 11 is 1.73. The highest BCUT2D eigenvalue weighted by molar-refractivity contribution is 7.10. The van der Waals surface area contributed by atoms with E-state index in [1.807, 2.05) is 0 Å². The summed E-state index contributed by atoms with van der Waals surface area (Å²) in [5, 5.41) is 7.78. The summed E-state index contributed by atoms with van der Waals surface area (Å²) in [5.41, 5.74) is 1.21. The predicted molar refractivity (Wildman–Crippen MR) is 77.3 cm³/mol. The summed E-state index contributed by atoms with van der Waals surface area (Å²) in [6.45, 7) is 0. The van der Waals surface area contributed by atoms with Crippen molar-refractivity contribution >= 4 is 23.0 Å². The molecule has 6 heteroatoms. The van der Waals surface area contributed by atoms with Crippen molar-refractivity contribution in [2.75, 3.05) is 17.7 Å². The summed E-state index contributed by atoms with van der Waals surface area (Å²) in [6, 6.07) is 2.97. The van der Waals surface area contributed by atoms with Crippen LogP contribution in [0.4, 0.5) is 20.4 Å². The van der Waals surface area contributed by atoms with Crippen molar-refractivity contribution in [3.63, 3.8) is 0 Å². The molecule has 0 bridgehead atoms. The molecule has 1 aliphatic rings. The number of aromatic nitrogens is 1. The molecule has 2 aromatic rings. The number of nitrogens with one attached hydrogen (secondary N) is 2. The number of pyridine rings is 1. The van der Waals surface area contributed by atoms with Gasteiger partial charge in [-0.1, -0.05) is 0 Å². The Hall–Kier alpha value is -1.69. The first-order valence-electron chi connectivity index (χ1n) is 6.55. The van der Waals surface area contributed by atoms with Crippen molar-refractivity contribution in [1.29, 1.82) is 0 Å². The Balaban J connectivity index is 1.89. The van der Waals surface area contributed by atoms with E-state index in [9.17, 15) is 8.78 Å². The van der Waals surface area contributed by atoms with Crippen LogP contribution in [0.1, 0.15) is 29.3 Å². The molecule has 0 aromatic carbocycles. The average Bonchev–Trinajstić information content (AvgIpc) is 2.91. The van der Waals surface area contributed by atoms with Crippen LogP contribution in [0.3, 0.4) is 0 Å². The molecular weight excluding hydrogens is 280 g/mol. The first-order valence-corrected chi connectivity index (χ1v) is 7.43. The fourth-order valence-corrected chi connectivity index (χ4v) is 3.53. The molecule has 0 aliphatic heterocycles. The van der Waals surface area contributed by atoms with Crippen LogP contribution in [0.15, 0.2) is 17.5 Å². The normalized spacial score (nSPS) is 17.6. The largest absolute Gasteiger partial charge is 0.371 e. The number of aryl methyl sites for hydroxylation is 1. The quantitative estimate of drug-likeness (QED) is 0.900. The summed E-state index contributed by atoms with van der Waals surface area (Å²) in [4.78, 5) is 5.31. The molecule has 1 atom stereocenters. The van der Waals surface area contributed by atoms with Gasteiger partial charge in [0.2, 0.25) is 0 Å². The molecular formula is C14H15F2N3S. The highest BCUT2D eigenvalue weighted by Gasteiger charge is 2.23. The van der Waals surface area contributed by atoms with Gasteiger partial charge in [0.05, 0.1) is 6.04 Å². The van der Waals surface area contributed by atoms with Crippen LogP contribution in [0.25, 0.3) is 0 Å². The number of halogens is 2. The van der Waals surface area contributed by atoms with E-state index in [2.05, 4.69) is 27.1 Å². The number of hydrogen-bond acceptors (Lipinski definition) is 4. The Morgan fingerprint density at radius 3 is 2.90 bits per heavy atom. The van der Waals surface area contributed by atoms with Crippen LogP contribution in [0, 0.1) is 11.6 Å². The third-order valence-corrected chi connectivity index (χ3v) is 4.53. The Labute approximate surface area is 120 Å². The first-order chi connectivity index (χ1) is 9.69. The number of rotatable bonds is 3. The smallest absolute Gasteiger partial charge is 0.168 e. The van der Waals surface area contributed by atoms with Crippen LogP contribution < -0.4 is 10.6 Å². The molecule has 0 saturated heterocycles. The molecule has 20 heavy (non-hydrogen) atoms. The fraction of sp³-hybridized carbons (Fsp3) is 0.357. The van der Waals surface area contributed by atoms with Gasteiger partial charge in [-0.25, -0.2) is 13.8 Å². The van der Waals surface area contributed by atoms with E-state index in [4.69, 9.17) is 0 Å². The zero-order chi connectivity index (χ0) is 14.1. The highest BCUT2D eigenvalue weighted by atomic mass is 32.1. The van der Waals surface area contributed by atoms with Crippen LogP contribution in [-0.4, -0.2) is 12.0 Å². The molecule has 1 aliphatic carbocycles. The van der Waals surface area contributed by atoms with E-state index < -0.39 is 11.6 Å². The Morgan fingerprint density at radius 2 is 2.10 bits per heavy atom. The summed E-state index contributed by atoms with van der Waals surface area (Å²) < 4.78 is 27.2. The lowest BCUT2D eigenvalue weighted by Crippen LogP contribution is -2.17. The maximum Gasteiger partial charge on any atom is 0.168 e. The molecule has 2 heterocycles. The molecule has 0 saturated carbocycles. The summed E-state index contributed by atoms with van der Waals surface area (Å²) in [6.07, 6.45) is 3.07. The van der Waals surface area contributed by atoms with Gasteiger partial charge in [-0.15, -0.1) is 11.3 Å². The SMILES string of the molecule is CNc1nc(NC2CCCc3sccc32)c(F)cc1F. The average molecular weight is 295 g/mol. The Bertz CT molecular complexity index is 627. The van der Waals surface area contributed by atoms with E-state index in [0.29, 0.717) is 0 Å². The second kappa shape index (κ2) is 5.36. The van der Waals surface area contributed by atoms with Gasteiger partial charge >= 0.3 is 0 Å². The van der Waals surface area contributed by atoms with Crippen molar-refractivity contribution in [3.8, 4) is 0 Å². The summed E-state index contributed by atoms with van der Waals surface area (Å²) in [5.74, 6) is -1.20. The first kappa shape index (κ1) is 13.3. The van der Waals surface area contributed by atoms with E-state index in [-0.39, 0.29) is 17.7 Å². The predicted octanol–water partition coefficient (Wildman–Crippen LogP) is 3.95. The van der Waals surface area contributed by atoms with Gasteiger partial charge in [-0.3, -0.25) is 0 Å². The number of fused-ring (bicyclic) bond motifs is 1. The lowest BCUT2D eigenvalue weighted by atomic mass is 9.94. The zero-order valence-corrected chi connectivity index (χ0v) is 11.9. The molecule has 3 nitrogen and oxygen atoms in total. The van der Waals surface area contributed by atoms with Crippen LogP contribution in [0.2, 0.25) is 0 Å². The fourth-order valence-electron chi connectivity index (χ4n) is 2.54. The maximum atomic E-state index is 13.8. The number of nitrogens with zero attached hydrogens (tertiary/aromatic N) is 1. The molecule has 0 radical (unpaired) electrons. The van der Waals surface area contributed by atoms with Crippen molar-refractivity contribution in [3.05, 3.63) is 39.6 Å². The number of hydrogen-bond donors (Lipinski definition) is 2. The zero-order valence-electron chi connectivity index (χ0n) is 11.0. The minimum Gasteiger partial charge on any atom is -0.371 e. The van der Waals surface area contributed by atoms with Crippen molar-refractivity contribution in [2.45, 2.75) is 25.3 Å². The monoisotopic (exact) mass is 295 g/mol. The van der Waals surface area contributed by atoms with Crippen LogP contribution in [-0.2, 0) is 6.42 Å². The third-order valence-electron chi connectivity index (χ3n) is 3.53. The lowest BCUT2D eigenvalue weighted by Gasteiger charge is -2.24.